The van der Waals surface area contributed by atoms with Crippen LogP contribution in [0.1, 0.15) is 61.9 Å². The monoisotopic (exact) mass is 304 g/mol. The van der Waals surface area contributed by atoms with E-state index in [-0.39, 0.29) is 6.10 Å². The highest BCUT2D eigenvalue weighted by atomic mass is 16.5. The van der Waals surface area contributed by atoms with Crippen molar-refractivity contribution < 1.29 is 9.84 Å². The van der Waals surface area contributed by atoms with Crippen molar-refractivity contribution in [2.45, 2.75) is 57.6 Å². The predicted molar refractivity (Wildman–Crippen MR) is 87.0 cm³/mol. The number of β-amino-alcohol motifs (C(OH)–C–C–N with tert-alkyl or cyclic N) is 1. The number of hydrogen-bond acceptors (Lipinski definition) is 4. The molecule has 2 saturated heterocycles. The molecule has 0 bridgehead atoms. The van der Waals surface area contributed by atoms with E-state index in [1.165, 1.54) is 17.0 Å². The normalized spacial score (nSPS) is 27.4. The summed E-state index contributed by atoms with van der Waals surface area (Å²) in [6.45, 7) is 8.73. The number of ether oxygens (including phenoxy) is 1. The van der Waals surface area contributed by atoms with Gasteiger partial charge in [0.2, 0.25) is 0 Å². The number of aromatic nitrogens is 1. The zero-order valence-corrected chi connectivity index (χ0v) is 13.8. The Labute approximate surface area is 133 Å². The maximum atomic E-state index is 9.76. The molecule has 0 radical (unpaired) electrons. The maximum Gasteiger partial charge on any atom is 0.0679 e. The molecule has 0 spiro atoms. The van der Waals surface area contributed by atoms with Gasteiger partial charge in [0, 0.05) is 37.9 Å². The third kappa shape index (κ3) is 3.50. The summed E-state index contributed by atoms with van der Waals surface area (Å²) in [4.78, 5) is 7.32. The molecule has 1 aromatic heterocycles. The Morgan fingerprint density at radius 2 is 2.27 bits per heavy atom. The van der Waals surface area contributed by atoms with Crippen LogP contribution in [0.5, 0.6) is 0 Å². The predicted octanol–water partition coefficient (Wildman–Crippen LogP) is 2.67. The molecular weight excluding hydrogens is 276 g/mol. The zero-order valence-electron chi connectivity index (χ0n) is 13.8. The lowest BCUT2D eigenvalue weighted by molar-refractivity contribution is 0.174. The minimum absolute atomic E-state index is 0.170. The van der Waals surface area contributed by atoms with Crippen LogP contribution >= 0.6 is 0 Å². The van der Waals surface area contributed by atoms with E-state index in [0.717, 1.165) is 52.1 Å². The van der Waals surface area contributed by atoms with E-state index in [9.17, 15) is 5.11 Å². The molecule has 3 heterocycles. The first kappa shape index (κ1) is 15.9. The van der Waals surface area contributed by atoms with Gasteiger partial charge in [-0.05, 0) is 36.8 Å². The van der Waals surface area contributed by atoms with Crippen LogP contribution in [0.4, 0.5) is 0 Å². The molecule has 0 saturated carbocycles. The molecule has 4 nitrogen and oxygen atoms in total. The third-order valence-electron chi connectivity index (χ3n) is 5.14. The Morgan fingerprint density at radius 3 is 2.91 bits per heavy atom. The van der Waals surface area contributed by atoms with Crippen LogP contribution in [0.25, 0.3) is 0 Å². The van der Waals surface area contributed by atoms with Gasteiger partial charge in [0.25, 0.3) is 0 Å². The van der Waals surface area contributed by atoms with E-state index in [4.69, 9.17) is 9.72 Å². The van der Waals surface area contributed by atoms with E-state index < -0.39 is 0 Å². The van der Waals surface area contributed by atoms with Crippen molar-refractivity contribution in [2.75, 3.05) is 26.3 Å². The Morgan fingerprint density at radius 1 is 1.41 bits per heavy atom. The quantitative estimate of drug-likeness (QED) is 0.908. The van der Waals surface area contributed by atoms with Gasteiger partial charge < -0.3 is 9.84 Å². The molecule has 3 atom stereocenters. The van der Waals surface area contributed by atoms with Gasteiger partial charge in [-0.1, -0.05) is 19.9 Å². The molecule has 0 amide bonds. The van der Waals surface area contributed by atoms with Crippen molar-refractivity contribution in [3.8, 4) is 0 Å². The Balaban J connectivity index is 1.84. The van der Waals surface area contributed by atoms with E-state index >= 15 is 0 Å². The summed E-state index contributed by atoms with van der Waals surface area (Å²) >= 11 is 0. The first-order valence-corrected chi connectivity index (χ1v) is 8.65. The average Bonchev–Trinajstić information content (AvgIpc) is 3.18. The van der Waals surface area contributed by atoms with Crippen LogP contribution in [0.2, 0.25) is 0 Å². The van der Waals surface area contributed by atoms with Crippen molar-refractivity contribution in [3.63, 3.8) is 0 Å². The number of pyridine rings is 1. The fourth-order valence-corrected chi connectivity index (χ4v) is 3.46. The molecule has 1 aromatic rings. The van der Waals surface area contributed by atoms with Crippen molar-refractivity contribution in [2.24, 2.45) is 0 Å². The fourth-order valence-electron chi connectivity index (χ4n) is 3.46. The van der Waals surface area contributed by atoms with E-state index in [0.29, 0.717) is 11.8 Å². The van der Waals surface area contributed by atoms with E-state index in [1.807, 2.05) is 0 Å². The second kappa shape index (κ2) is 7.07. The molecule has 2 aliphatic heterocycles. The summed E-state index contributed by atoms with van der Waals surface area (Å²) < 4.78 is 5.57. The van der Waals surface area contributed by atoms with E-state index in [1.54, 1.807) is 0 Å². The first-order valence-electron chi connectivity index (χ1n) is 8.65. The number of nitrogens with zero attached hydrogens (tertiary/aromatic N) is 2. The maximum absolute atomic E-state index is 9.76. The SMILES string of the molecule is CCC(C)c1ccc([C@@H]2CCOC2)c(CN2CC[C@H](O)C2)n1. The Bertz CT molecular complexity index is 500. The van der Waals surface area contributed by atoms with Crippen LogP contribution in [0.15, 0.2) is 12.1 Å². The van der Waals surface area contributed by atoms with Gasteiger partial charge in [-0.3, -0.25) is 9.88 Å². The van der Waals surface area contributed by atoms with Gasteiger partial charge >= 0.3 is 0 Å². The minimum Gasteiger partial charge on any atom is -0.392 e. The molecule has 122 valence electrons. The summed E-state index contributed by atoms with van der Waals surface area (Å²) in [7, 11) is 0. The standard InChI is InChI=1S/C18H28N2O2/c1-3-13(2)17-5-4-16(14-7-9-22-12-14)18(19-17)11-20-8-6-15(21)10-20/h4-5,13-15,21H,3,6-12H2,1-2H3/t13?,14-,15+/m1/s1. The largest absolute Gasteiger partial charge is 0.392 e. The van der Waals surface area contributed by atoms with Crippen molar-refractivity contribution in [1.82, 2.24) is 9.88 Å². The van der Waals surface area contributed by atoms with Crippen LogP contribution in [-0.4, -0.2) is 47.4 Å². The van der Waals surface area contributed by atoms with E-state index in [2.05, 4.69) is 30.9 Å². The molecule has 2 fully saturated rings. The highest BCUT2D eigenvalue weighted by Gasteiger charge is 2.26. The topological polar surface area (TPSA) is 45.6 Å². The Hall–Kier alpha value is -0.970. The summed E-state index contributed by atoms with van der Waals surface area (Å²) in [5.74, 6) is 0.984. The number of aliphatic hydroxyl groups excluding tert-OH is 1. The molecule has 3 rings (SSSR count). The number of aliphatic hydroxyl groups is 1. The highest BCUT2D eigenvalue weighted by molar-refractivity contribution is 5.29. The van der Waals surface area contributed by atoms with Gasteiger partial charge in [-0.25, -0.2) is 0 Å². The van der Waals surface area contributed by atoms with Crippen molar-refractivity contribution in [3.05, 3.63) is 29.1 Å². The third-order valence-corrected chi connectivity index (χ3v) is 5.14. The second-order valence-corrected chi connectivity index (χ2v) is 6.82. The molecule has 1 N–H and O–H groups in total. The molecule has 2 aliphatic rings. The fraction of sp³-hybridized carbons (Fsp3) is 0.722. The smallest absolute Gasteiger partial charge is 0.0679 e. The Kier molecular flexibility index (Phi) is 5.11. The molecule has 0 aromatic carbocycles. The molecule has 0 aliphatic carbocycles. The lowest BCUT2D eigenvalue weighted by Gasteiger charge is -2.21. The van der Waals surface area contributed by atoms with Gasteiger partial charge in [0.15, 0.2) is 0 Å². The van der Waals surface area contributed by atoms with Gasteiger partial charge in [-0.15, -0.1) is 0 Å². The molecule has 1 unspecified atom stereocenters. The minimum atomic E-state index is -0.170. The second-order valence-electron chi connectivity index (χ2n) is 6.82. The number of likely N-dealkylation sites (tertiary alicyclic amines) is 1. The van der Waals surface area contributed by atoms with Gasteiger partial charge in [0.1, 0.15) is 0 Å². The zero-order chi connectivity index (χ0) is 15.5. The summed E-state index contributed by atoms with van der Waals surface area (Å²) in [6.07, 6.45) is 2.92. The first-order chi connectivity index (χ1) is 10.7. The van der Waals surface area contributed by atoms with Crippen LogP contribution in [0, 0.1) is 0 Å². The number of hydrogen-bond donors (Lipinski definition) is 1. The van der Waals surface area contributed by atoms with Gasteiger partial charge in [0.05, 0.1) is 18.4 Å². The highest BCUT2D eigenvalue weighted by Crippen LogP contribution is 2.30. The number of rotatable bonds is 5. The van der Waals surface area contributed by atoms with Crippen LogP contribution in [0.3, 0.4) is 0 Å². The molecular formula is C18H28N2O2. The lowest BCUT2D eigenvalue weighted by atomic mass is 9.94. The van der Waals surface area contributed by atoms with Crippen molar-refractivity contribution in [1.29, 1.82) is 0 Å². The molecule has 22 heavy (non-hydrogen) atoms. The average molecular weight is 304 g/mol. The van der Waals surface area contributed by atoms with Crippen molar-refractivity contribution >= 4 is 0 Å². The van der Waals surface area contributed by atoms with Gasteiger partial charge in [-0.2, -0.15) is 0 Å². The summed E-state index contributed by atoms with van der Waals surface area (Å²) in [5, 5.41) is 9.76. The summed E-state index contributed by atoms with van der Waals surface area (Å²) in [5.41, 5.74) is 3.74. The van der Waals surface area contributed by atoms with Crippen LogP contribution < -0.4 is 0 Å². The molecule has 4 heteroatoms. The lowest BCUT2D eigenvalue weighted by Crippen LogP contribution is -2.24. The summed E-state index contributed by atoms with van der Waals surface area (Å²) in [6, 6.07) is 4.47. The van der Waals surface area contributed by atoms with Crippen LogP contribution in [-0.2, 0) is 11.3 Å².